The van der Waals surface area contributed by atoms with E-state index < -0.39 is 5.92 Å². The molecular formula is C16H16N2O. The molecule has 19 heavy (non-hydrogen) atoms. The molecule has 0 heterocycles. The van der Waals surface area contributed by atoms with Crippen LogP contribution in [0.15, 0.2) is 42.5 Å². The summed E-state index contributed by atoms with van der Waals surface area (Å²) in [5, 5.41) is 14.0. The number of hydrogen-bond donors (Lipinski definition) is 1. The van der Waals surface area contributed by atoms with Crippen molar-refractivity contribution in [3.63, 3.8) is 0 Å². The van der Waals surface area contributed by atoms with E-state index in [1.807, 2.05) is 62.4 Å². The monoisotopic (exact) mass is 252 g/mol. The van der Waals surface area contributed by atoms with E-state index in [4.69, 9.17) is 5.26 Å². The fourth-order valence-corrected chi connectivity index (χ4v) is 2.00. The topological polar surface area (TPSA) is 52.9 Å². The van der Waals surface area contributed by atoms with Gasteiger partial charge in [0.25, 0.3) is 0 Å². The summed E-state index contributed by atoms with van der Waals surface area (Å²) in [6.07, 6.45) is 0. The van der Waals surface area contributed by atoms with Gasteiger partial charge in [-0.2, -0.15) is 5.26 Å². The van der Waals surface area contributed by atoms with Crippen LogP contribution in [-0.4, -0.2) is 5.91 Å². The van der Waals surface area contributed by atoms with Gasteiger partial charge in [0.05, 0.1) is 6.07 Å². The van der Waals surface area contributed by atoms with E-state index in [-0.39, 0.29) is 11.8 Å². The average molecular weight is 252 g/mol. The van der Waals surface area contributed by atoms with Crippen LogP contribution in [-0.2, 0) is 4.79 Å². The van der Waals surface area contributed by atoms with Gasteiger partial charge in [0.2, 0.25) is 5.91 Å². The molecule has 3 nitrogen and oxygen atoms in total. The molecule has 0 aromatic heterocycles. The number of nitrogens with zero attached hydrogens (tertiary/aromatic N) is 1. The summed E-state index contributed by atoms with van der Waals surface area (Å²) < 4.78 is 0. The van der Waals surface area contributed by atoms with E-state index in [9.17, 15) is 4.79 Å². The van der Waals surface area contributed by atoms with Crippen LogP contribution < -0.4 is 5.32 Å². The summed E-state index contributed by atoms with van der Waals surface area (Å²) in [6, 6.07) is 15.7. The summed E-state index contributed by atoms with van der Waals surface area (Å²) in [4.78, 5) is 12.0. The standard InChI is InChI=1S/C16H16N2O/c1-11(2)15(10-17)16(19)18-14-8-7-12-5-3-4-6-13(12)9-14/h3-9,11,15H,1-2H3,(H,18,19). The van der Waals surface area contributed by atoms with Crippen LogP contribution in [0.4, 0.5) is 5.69 Å². The lowest BCUT2D eigenvalue weighted by Crippen LogP contribution is -2.25. The fourth-order valence-electron chi connectivity index (χ4n) is 2.00. The van der Waals surface area contributed by atoms with Crippen molar-refractivity contribution in [2.45, 2.75) is 13.8 Å². The molecule has 96 valence electrons. The molecule has 3 heteroatoms. The van der Waals surface area contributed by atoms with Crippen molar-refractivity contribution in [1.29, 1.82) is 5.26 Å². The van der Waals surface area contributed by atoms with Gasteiger partial charge in [-0.25, -0.2) is 0 Å². The molecule has 2 aromatic carbocycles. The number of rotatable bonds is 3. The van der Waals surface area contributed by atoms with Gasteiger partial charge >= 0.3 is 0 Å². The van der Waals surface area contributed by atoms with Crippen LogP contribution in [0.3, 0.4) is 0 Å². The van der Waals surface area contributed by atoms with Crippen molar-refractivity contribution in [2.75, 3.05) is 5.32 Å². The number of nitrogens with one attached hydrogen (secondary N) is 1. The Morgan fingerprint density at radius 3 is 2.47 bits per heavy atom. The molecule has 0 aliphatic heterocycles. The summed E-state index contributed by atoms with van der Waals surface area (Å²) in [5.74, 6) is -0.857. The van der Waals surface area contributed by atoms with E-state index in [0.29, 0.717) is 0 Å². The molecule has 0 fully saturated rings. The van der Waals surface area contributed by atoms with Crippen LogP contribution in [0.5, 0.6) is 0 Å². The number of fused-ring (bicyclic) bond motifs is 1. The van der Waals surface area contributed by atoms with Gasteiger partial charge in [-0.3, -0.25) is 4.79 Å². The number of carbonyl (C=O) groups is 1. The van der Waals surface area contributed by atoms with Gasteiger partial charge in [-0.15, -0.1) is 0 Å². The van der Waals surface area contributed by atoms with Crippen molar-refractivity contribution in [1.82, 2.24) is 0 Å². The maximum absolute atomic E-state index is 12.0. The lowest BCUT2D eigenvalue weighted by Gasteiger charge is -2.13. The molecule has 1 atom stereocenters. The van der Waals surface area contributed by atoms with Gasteiger partial charge < -0.3 is 5.32 Å². The van der Waals surface area contributed by atoms with Crippen LogP contribution in [0, 0.1) is 23.2 Å². The van der Waals surface area contributed by atoms with Gasteiger partial charge in [0.15, 0.2) is 0 Å². The molecular weight excluding hydrogens is 236 g/mol. The molecule has 0 spiro atoms. The third-order valence-corrected chi connectivity index (χ3v) is 3.11. The average Bonchev–Trinajstić information content (AvgIpc) is 2.39. The first-order valence-corrected chi connectivity index (χ1v) is 6.31. The maximum atomic E-state index is 12.0. The summed E-state index contributed by atoms with van der Waals surface area (Å²) in [5.41, 5.74) is 0.726. The Hall–Kier alpha value is -2.34. The molecule has 0 radical (unpaired) electrons. The molecule has 0 saturated heterocycles. The molecule has 0 aliphatic rings. The molecule has 1 unspecified atom stereocenters. The van der Waals surface area contributed by atoms with E-state index in [1.54, 1.807) is 0 Å². The first kappa shape index (κ1) is 13.1. The zero-order valence-corrected chi connectivity index (χ0v) is 11.1. The van der Waals surface area contributed by atoms with Crippen molar-refractivity contribution < 1.29 is 4.79 Å². The molecule has 1 amide bonds. The Balaban J connectivity index is 2.22. The molecule has 0 aliphatic carbocycles. The highest BCUT2D eigenvalue weighted by Gasteiger charge is 2.21. The smallest absolute Gasteiger partial charge is 0.241 e. The van der Waals surface area contributed by atoms with E-state index in [0.717, 1.165) is 16.5 Å². The van der Waals surface area contributed by atoms with Gasteiger partial charge in [0, 0.05) is 5.69 Å². The lowest BCUT2D eigenvalue weighted by molar-refractivity contribution is -0.119. The zero-order valence-electron chi connectivity index (χ0n) is 11.1. The molecule has 0 saturated carbocycles. The third kappa shape index (κ3) is 2.92. The molecule has 2 aromatic rings. The first-order chi connectivity index (χ1) is 9.11. The van der Waals surface area contributed by atoms with Crippen LogP contribution in [0.25, 0.3) is 10.8 Å². The highest BCUT2D eigenvalue weighted by Crippen LogP contribution is 2.20. The lowest BCUT2D eigenvalue weighted by atomic mass is 9.96. The maximum Gasteiger partial charge on any atom is 0.241 e. The quantitative estimate of drug-likeness (QED) is 0.907. The van der Waals surface area contributed by atoms with Crippen molar-refractivity contribution >= 4 is 22.4 Å². The number of amides is 1. The molecule has 1 N–H and O–H groups in total. The predicted octanol–water partition coefficient (Wildman–Crippen LogP) is 3.57. The summed E-state index contributed by atoms with van der Waals surface area (Å²) in [6.45, 7) is 3.74. The predicted molar refractivity (Wildman–Crippen MR) is 76.5 cm³/mol. The van der Waals surface area contributed by atoms with E-state index in [2.05, 4.69) is 5.32 Å². The van der Waals surface area contributed by atoms with Gasteiger partial charge in [-0.05, 0) is 28.8 Å². The van der Waals surface area contributed by atoms with E-state index >= 15 is 0 Å². The van der Waals surface area contributed by atoms with Crippen LogP contribution in [0.1, 0.15) is 13.8 Å². The summed E-state index contributed by atoms with van der Waals surface area (Å²) in [7, 11) is 0. The van der Waals surface area contributed by atoms with Crippen molar-refractivity contribution in [3.05, 3.63) is 42.5 Å². The molecule has 0 bridgehead atoms. The summed E-state index contributed by atoms with van der Waals surface area (Å²) >= 11 is 0. The first-order valence-electron chi connectivity index (χ1n) is 6.31. The number of hydrogen-bond acceptors (Lipinski definition) is 2. The Bertz CT molecular complexity index is 640. The second-order valence-corrected chi connectivity index (χ2v) is 4.90. The SMILES string of the molecule is CC(C)C(C#N)C(=O)Nc1ccc2ccccc2c1. The van der Waals surface area contributed by atoms with Crippen molar-refractivity contribution in [3.8, 4) is 6.07 Å². The second kappa shape index (κ2) is 5.53. The Kier molecular flexibility index (Phi) is 3.82. The minimum absolute atomic E-state index is 0.00505. The third-order valence-electron chi connectivity index (χ3n) is 3.11. The second-order valence-electron chi connectivity index (χ2n) is 4.90. The number of anilines is 1. The van der Waals surface area contributed by atoms with E-state index in [1.165, 1.54) is 0 Å². The van der Waals surface area contributed by atoms with Crippen LogP contribution in [0.2, 0.25) is 0 Å². The largest absolute Gasteiger partial charge is 0.325 e. The highest BCUT2D eigenvalue weighted by atomic mass is 16.1. The zero-order chi connectivity index (χ0) is 13.8. The molecule has 2 rings (SSSR count). The fraction of sp³-hybridized carbons (Fsp3) is 0.250. The Morgan fingerprint density at radius 2 is 1.84 bits per heavy atom. The Labute approximate surface area is 112 Å². The van der Waals surface area contributed by atoms with Gasteiger partial charge in [0.1, 0.15) is 5.92 Å². The van der Waals surface area contributed by atoms with Crippen molar-refractivity contribution in [2.24, 2.45) is 11.8 Å². The number of benzene rings is 2. The Morgan fingerprint density at radius 1 is 1.16 bits per heavy atom. The number of carbonyl (C=O) groups excluding carboxylic acids is 1. The normalized spacial score (nSPS) is 12.1. The number of nitriles is 1. The minimum atomic E-state index is -0.619. The van der Waals surface area contributed by atoms with Crippen LogP contribution >= 0.6 is 0 Å². The minimum Gasteiger partial charge on any atom is -0.325 e. The highest BCUT2D eigenvalue weighted by molar-refractivity contribution is 5.96. The van der Waals surface area contributed by atoms with Gasteiger partial charge in [-0.1, -0.05) is 44.2 Å².